The molecular formula is C18H22N2O5. The van der Waals surface area contributed by atoms with Gasteiger partial charge in [0.05, 0.1) is 6.61 Å². The Morgan fingerprint density at radius 3 is 2.60 bits per heavy atom. The number of hydrogen-bond acceptors (Lipinski definition) is 6. The molecule has 134 valence electrons. The third kappa shape index (κ3) is 4.37. The fourth-order valence-corrected chi connectivity index (χ4v) is 2.07. The van der Waals surface area contributed by atoms with Gasteiger partial charge in [-0.1, -0.05) is 6.58 Å². The number of rotatable bonds is 4. The molecular weight excluding hydrogens is 324 g/mol. The number of carbonyl (C=O) groups excluding carboxylic acids is 2. The number of allylic oxidation sites excluding steroid dienone is 1. The van der Waals surface area contributed by atoms with Crippen LogP contribution in [0.3, 0.4) is 0 Å². The van der Waals surface area contributed by atoms with Crippen molar-refractivity contribution in [1.82, 2.24) is 4.98 Å². The van der Waals surface area contributed by atoms with Crippen molar-refractivity contribution >= 4 is 34.4 Å². The van der Waals surface area contributed by atoms with E-state index in [2.05, 4.69) is 16.9 Å². The molecule has 7 nitrogen and oxygen atoms in total. The van der Waals surface area contributed by atoms with E-state index in [-0.39, 0.29) is 18.1 Å². The Hall–Kier alpha value is -2.83. The van der Waals surface area contributed by atoms with Gasteiger partial charge in [-0.25, -0.2) is 14.6 Å². The largest absolute Gasteiger partial charge is 0.460 e. The molecule has 2 aromatic heterocycles. The van der Waals surface area contributed by atoms with Crippen LogP contribution in [-0.4, -0.2) is 29.3 Å². The van der Waals surface area contributed by atoms with Gasteiger partial charge in [0.15, 0.2) is 5.58 Å². The molecule has 0 aliphatic heterocycles. The second-order valence-electron chi connectivity index (χ2n) is 6.50. The highest BCUT2D eigenvalue weighted by Crippen LogP contribution is 2.32. The molecule has 2 heterocycles. The molecule has 0 fully saturated rings. The Balaban J connectivity index is 2.50. The van der Waals surface area contributed by atoms with E-state index in [1.807, 2.05) is 6.92 Å². The fraction of sp³-hybridized carbons (Fsp3) is 0.389. The van der Waals surface area contributed by atoms with Gasteiger partial charge in [0.1, 0.15) is 16.8 Å². The van der Waals surface area contributed by atoms with Gasteiger partial charge in [-0.15, -0.1) is 0 Å². The Morgan fingerprint density at radius 2 is 2.04 bits per heavy atom. The van der Waals surface area contributed by atoms with Gasteiger partial charge < -0.3 is 13.9 Å². The lowest BCUT2D eigenvalue weighted by Crippen LogP contribution is -2.27. The number of aromatic nitrogens is 1. The highest BCUT2D eigenvalue weighted by Gasteiger charge is 2.26. The van der Waals surface area contributed by atoms with Crippen LogP contribution in [0.1, 0.15) is 50.7 Å². The lowest BCUT2D eigenvalue weighted by atomic mass is 10.1. The summed E-state index contributed by atoms with van der Waals surface area (Å²) in [7, 11) is 0. The number of amides is 1. The van der Waals surface area contributed by atoms with Gasteiger partial charge in [0.2, 0.25) is 5.76 Å². The van der Waals surface area contributed by atoms with Gasteiger partial charge in [-0.05, 0) is 51.8 Å². The molecule has 0 bridgehead atoms. The summed E-state index contributed by atoms with van der Waals surface area (Å²) in [6.07, 6.45) is 0.876. The zero-order valence-electron chi connectivity index (χ0n) is 15.1. The van der Waals surface area contributed by atoms with Crippen molar-refractivity contribution < 1.29 is 23.5 Å². The second kappa shape index (κ2) is 6.96. The number of furan rings is 1. The van der Waals surface area contributed by atoms with Crippen molar-refractivity contribution in [3.63, 3.8) is 0 Å². The molecule has 7 heteroatoms. The van der Waals surface area contributed by atoms with E-state index in [0.29, 0.717) is 11.1 Å². The van der Waals surface area contributed by atoms with E-state index in [0.717, 1.165) is 11.1 Å². The van der Waals surface area contributed by atoms with Gasteiger partial charge in [0, 0.05) is 6.20 Å². The maximum atomic E-state index is 12.2. The smallest absolute Gasteiger partial charge is 0.412 e. The summed E-state index contributed by atoms with van der Waals surface area (Å²) < 4.78 is 15.8. The Labute approximate surface area is 146 Å². The molecule has 0 aliphatic rings. The zero-order valence-corrected chi connectivity index (χ0v) is 15.1. The Morgan fingerprint density at radius 1 is 1.36 bits per heavy atom. The topological polar surface area (TPSA) is 90.7 Å². The van der Waals surface area contributed by atoms with E-state index in [9.17, 15) is 9.59 Å². The first-order chi connectivity index (χ1) is 11.6. The normalized spacial score (nSPS) is 11.2. The summed E-state index contributed by atoms with van der Waals surface area (Å²) in [5.74, 6) is -0.822. The van der Waals surface area contributed by atoms with Crippen LogP contribution in [0.25, 0.3) is 16.7 Å². The number of ether oxygens (including phenoxy) is 2. The number of anilines is 1. The van der Waals surface area contributed by atoms with Crippen LogP contribution in [0.15, 0.2) is 23.3 Å². The van der Waals surface area contributed by atoms with Gasteiger partial charge >= 0.3 is 12.1 Å². The zero-order chi connectivity index (χ0) is 18.8. The number of fused-ring (bicyclic) bond motifs is 1. The summed E-state index contributed by atoms with van der Waals surface area (Å²) in [4.78, 5) is 28.6. The number of esters is 1. The highest BCUT2D eigenvalue weighted by atomic mass is 16.6. The number of nitrogens with zero attached hydrogens (tertiary/aromatic N) is 1. The van der Waals surface area contributed by atoms with Crippen molar-refractivity contribution in [3.8, 4) is 0 Å². The fourth-order valence-electron chi connectivity index (χ4n) is 2.07. The molecule has 0 atom stereocenters. The molecule has 2 aromatic rings. The van der Waals surface area contributed by atoms with Crippen molar-refractivity contribution in [2.75, 3.05) is 11.9 Å². The molecule has 0 saturated carbocycles. The van der Waals surface area contributed by atoms with Crippen molar-refractivity contribution in [3.05, 3.63) is 30.2 Å². The first kappa shape index (κ1) is 18.5. The molecule has 1 N–H and O–H groups in total. The van der Waals surface area contributed by atoms with Crippen LogP contribution in [0.5, 0.6) is 0 Å². The van der Waals surface area contributed by atoms with Crippen molar-refractivity contribution in [2.24, 2.45) is 0 Å². The summed E-state index contributed by atoms with van der Waals surface area (Å²) in [5.41, 5.74) is 1.67. The molecule has 2 rings (SSSR count). The standard InChI is InChI=1S/C18H22N2O5/c1-7-23-16(21)15-14(20-17(22)25-18(4,5)6)13-12(24-15)8-11(9-19-13)10(2)3/h8-9H,2,7H2,1,3-6H3,(H,20,22). The van der Waals surface area contributed by atoms with E-state index in [1.54, 1.807) is 40.0 Å². The first-order valence-corrected chi connectivity index (χ1v) is 7.88. The molecule has 0 aromatic carbocycles. The van der Waals surface area contributed by atoms with Gasteiger partial charge in [0.25, 0.3) is 0 Å². The first-order valence-electron chi connectivity index (χ1n) is 7.88. The molecule has 0 saturated heterocycles. The monoisotopic (exact) mass is 346 g/mol. The average Bonchev–Trinajstić information content (AvgIpc) is 2.83. The minimum atomic E-state index is -0.716. The van der Waals surface area contributed by atoms with Crippen LogP contribution >= 0.6 is 0 Å². The van der Waals surface area contributed by atoms with Crippen molar-refractivity contribution in [1.29, 1.82) is 0 Å². The maximum Gasteiger partial charge on any atom is 0.412 e. The molecule has 0 unspecified atom stereocenters. The van der Waals surface area contributed by atoms with Gasteiger partial charge in [-0.2, -0.15) is 0 Å². The lowest BCUT2D eigenvalue weighted by Gasteiger charge is -2.19. The maximum absolute atomic E-state index is 12.2. The molecule has 0 spiro atoms. The van der Waals surface area contributed by atoms with E-state index < -0.39 is 17.7 Å². The average molecular weight is 346 g/mol. The Kier molecular flexibility index (Phi) is 5.15. The van der Waals surface area contributed by atoms with Crippen LogP contribution in [-0.2, 0) is 9.47 Å². The van der Waals surface area contributed by atoms with Gasteiger partial charge in [-0.3, -0.25) is 5.32 Å². The molecule has 0 radical (unpaired) electrons. The van der Waals surface area contributed by atoms with Crippen molar-refractivity contribution in [2.45, 2.75) is 40.2 Å². The molecule has 0 aliphatic carbocycles. The lowest BCUT2D eigenvalue weighted by molar-refractivity contribution is 0.0494. The van der Waals surface area contributed by atoms with E-state index in [4.69, 9.17) is 13.9 Å². The minimum Gasteiger partial charge on any atom is -0.460 e. The minimum absolute atomic E-state index is 0.121. The number of nitrogens with one attached hydrogen (secondary N) is 1. The van der Waals surface area contributed by atoms with Crippen LogP contribution in [0, 0.1) is 0 Å². The van der Waals surface area contributed by atoms with Crippen LogP contribution in [0.4, 0.5) is 10.5 Å². The van der Waals surface area contributed by atoms with Crippen LogP contribution in [0.2, 0.25) is 0 Å². The SMILES string of the molecule is C=C(C)c1cnc2c(NC(=O)OC(C)(C)C)c(C(=O)OCC)oc2c1. The third-order valence-electron chi connectivity index (χ3n) is 3.11. The number of pyridine rings is 1. The van der Waals surface area contributed by atoms with Crippen LogP contribution < -0.4 is 5.32 Å². The third-order valence-corrected chi connectivity index (χ3v) is 3.11. The molecule has 25 heavy (non-hydrogen) atoms. The summed E-state index contributed by atoms with van der Waals surface area (Å²) in [6, 6.07) is 1.70. The van der Waals surface area contributed by atoms with E-state index in [1.165, 1.54) is 0 Å². The summed E-state index contributed by atoms with van der Waals surface area (Å²) >= 11 is 0. The Bertz CT molecular complexity index is 830. The molecule has 1 amide bonds. The second-order valence-corrected chi connectivity index (χ2v) is 6.50. The van der Waals surface area contributed by atoms with E-state index >= 15 is 0 Å². The number of carbonyl (C=O) groups is 2. The summed E-state index contributed by atoms with van der Waals surface area (Å²) in [5, 5.41) is 2.54. The number of hydrogen-bond donors (Lipinski definition) is 1. The quantitative estimate of drug-likeness (QED) is 0.826. The highest BCUT2D eigenvalue weighted by molar-refractivity contribution is 6.07. The predicted octanol–water partition coefficient (Wildman–Crippen LogP) is 4.38. The summed E-state index contributed by atoms with van der Waals surface area (Å²) in [6.45, 7) is 12.8. The predicted molar refractivity (Wildman–Crippen MR) is 94.5 cm³/mol.